The Bertz CT molecular complexity index is 659. The maximum atomic E-state index is 12.4. The van der Waals surface area contributed by atoms with Crippen LogP contribution in [-0.2, 0) is 0 Å². The van der Waals surface area contributed by atoms with Crippen LogP contribution in [0.2, 0.25) is 5.02 Å². The van der Waals surface area contributed by atoms with Crippen LogP contribution in [0.25, 0.3) is 0 Å². The number of thioether (sulfide) groups is 1. The number of nitrogens with one attached hydrogen (secondary N) is 2. The molecule has 0 saturated carbocycles. The molecule has 0 aromatic heterocycles. The van der Waals surface area contributed by atoms with Crippen molar-refractivity contribution in [1.82, 2.24) is 15.5 Å². The third-order valence-electron chi connectivity index (χ3n) is 4.64. The van der Waals surface area contributed by atoms with E-state index >= 15 is 0 Å². The van der Waals surface area contributed by atoms with E-state index in [-0.39, 0.29) is 18.0 Å². The first-order valence-corrected chi connectivity index (χ1v) is 9.92. The first kappa shape index (κ1) is 19.6. The zero-order valence-corrected chi connectivity index (χ0v) is 15.7. The van der Waals surface area contributed by atoms with Gasteiger partial charge in [0.2, 0.25) is 0 Å². The lowest BCUT2D eigenvalue weighted by Crippen LogP contribution is -2.41. The highest BCUT2D eigenvalue weighted by molar-refractivity contribution is 7.99. The molecule has 0 unspecified atom stereocenters. The quantitative estimate of drug-likeness (QED) is 0.791. The fraction of sp³-hybridized carbons (Fsp3) is 0.588. The van der Waals surface area contributed by atoms with Crippen LogP contribution in [0.5, 0.6) is 0 Å². The second kappa shape index (κ2) is 8.27. The van der Waals surface area contributed by atoms with E-state index in [1.807, 2.05) is 18.2 Å². The van der Waals surface area contributed by atoms with Crippen molar-refractivity contribution in [3.05, 3.63) is 28.8 Å². The number of halogens is 4. The molecule has 1 aromatic carbocycles. The largest absolute Gasteiger partial charge is 0.401 e. The maximum absolute atomic E-state index is 12.4. The Balaban J connectivity index is 1.47. The highest BCUT2D eigenvalue weighted by Gasteiger charge is 2.34. The second-order valence-electron chi connectivity index (χ2n) is 6.73. The van der Waals surface area contributed by atoms with Crippen molar-refractivity contribution in [2.45, 2.75) is 30.0 Å². The van der Waals surface area contributed by atoms with Crippen molar-refractivity contribution in [2.24, 2.45) is 5.92 Å². The number of benzene rings is 1. The van der Waals surface area contributed by atoms with E-state index in [1.165, 1.54) is 4.90 Å². The zero-order chi connectivity index (χ0) is 18.7. The van der Waals surface area contributed by atoms with Crippen molar-refractivity contribution in [3.8, 4) is 0 Å². The number of fused-ring (bicyclic) bond motifs is 1. The average Bonchev–Trinajstić information content (AvgIpc) is 2.99. The molecule has 0 spiro atoms. The van der Waals surface area contributed by atoms with E-state index in [2.05, 4.69) is 10.6 Å². The summed E-state index contributed by atoms with van der Waals surface area (Å²) in [5.41, 5.74) is 1.01. The molecule has 2 N–H and O–H groups in total. The predicted molar refractivity (Wildman–Crippen MR) is 96.7 cm³/mol. The fourth-order valence-corrected chi connectivity index (χ4v) is 4.72. The van der Waals surface area contributed by atoms with E-state index in [0.29, 0.717) is 31.1 Å². The number of hydrogen-bond acceptors (Lipinski definition) is 3. The van der Waals surface area contributed by atoms with Crippen LogP contribution in [0.15, 0.2) is 23.1 Å². The minimum absolute atomic E-state index is 0.0479. The molecule has 144 valence electrons. The Labute approximate surface area is 159 Å². The SMILES string of the molecule is O=C(NC[C@@H]1CCN(CC(F)(F)F)C1)N[C@@H]1CCSc2ccc(Cl)cc21. The van der Waals surface area contributed by atoms with Gasteiger partial charge >= 0.3 is 12.2 Å². The highest BCUT2D eigenvalue weighted by Crippen LogP contribution is 2.37. The first-order chi connectivity index (χ1) is 12.3. The van der Waals surface area contributed by atoms with E-state index < -0.39 is 12.7 Å². The number of alkyl halides is 3. The van der Waals surface area contributed by atoms with Gasteiger partial charge in [-0.25, -0.2) is 4.79 Å². The van der Waals surface area contributed by atoms with Gasteiger partial charge in [-0.05, 0) is 49.1 Å². The number of likely N-dealkylation sites (tertiary alicyclic amines) is 1. The summed E-state index contributed by atoms with van der Waals surface area (Å²) in [6, 6.07) is 5.28. The number of hydrogen-bond donors (Lipinski definition) is 2. The van der Waals surface area contributed by atoms with Gasteiger partial charge in [-0.2, -0.15) is 13.2 Å². The monoisotopic (exact) mass is 407 g/mol. The van der Waals surface area contributed by atoms with Gasteiger partial charge in [0.25, 0.3) is 0 Å². The van der Waals surface area contributed by atoms with Crippen molar-refractivity contribution >= 4 is 29.4 Å². The predicted octanol–water partition coefficient (Wildman–Crippen LogP) is 4.06. The molecule has 2 atom stereocenters. The summed E-state index contributed by atoms with van der Waals surface area (Å²) in [6.45, 7) is 0.272. The topological polar surface area (TPSA) is 44.4 Å². The molecule has 0 aliphatic carbocycles. The molecule has 26 heavy (non-hydrogen) atoms. The van der Waals surface area contributed by atoms with Gasteiger partial charge in [-0.15, -0.1) is 11.8 Å². The van der Waals surface area contributed by atoms with Gasteiger partial charge in [0.1, 0.15) is 0 Å². The molecular weight excluding hydrogens is 387 g/mol. The van der Waals surface area contributed by atoms with Crippen molar-refractivity contribution in [1.29, 1.82) is 0 Å². The van der Waals surface area contributed by atoms with Crippen LogP contribution in [-0.4, -0.2) is 49.0 Å². The van der Waals surface area contributed by atoms with Crippen LogP contribution in [0.3, 0.4) is 0 Å². The molecule has 2 heterocycles. The van der Waals surface area contributed by atoms with E-state index in [1.54, 1.807) is 11.8 Å². The molecular formula is C17H21ClF3N3OS. The summed E-state index contributed by atoms with van der Waals surface area (Å²) in [7, 11) is 0. The summed E-state index contributed by atoms with van der Waals surface area (Å²) < 4.78 is 37.3. The molecule has 9 heteroatoms. The van der Waals surface area contributed by atoms with Gasteiger partial charge in [0, 0.05) is 28.8 Å². The summed E-state index contributed by atoms with van der Waals surface area (Å²) in [5.74, 6) is 0.959. The summed E-state index contributed by atoms with van der Waals surface area (Å²) in [5, 5.41) is 6.40. The molecule has 0 radical (unpaired) electrons. The number of carbonyl (C=O) groups excluding carboxylic acids is 1. The highest BCUT2D eigenvalue weighted by atomic mass is 35.5. The number of urea groups is 1. The normalized spacial score (nSPS) is 23.5. The maximum Gasteiger partial charge on any atom is 0.401 e. The lowest BCUT2D eigenvalue weighted by Gasteiger charge is -2.26. The second-order valence-corrected chi connectivity index (χ2v) is 8.30. The van der Waals surface area contributed by atoms with Gasteiger partial charge in [-0.3, -0.25) is 4.90 Å². The van der Waals surface area contributed by atoms with Crippen LogP contribution in [0.4, 0.5) is 18.0 Å². The van der Waals surface area contributed by atoms with Crippen LogP contribution < -0.4 is 10.6 Å². The molecule has 2 aliphatic rings. The zero-order valence-electron chi connectivity index (χ0n) is 14.1. The fourth-order valence-electron chi connectivity index (χ4n) is 3.44. The summed E-state index contributed by atoms with van der Waals surface area (Å²) in [4.78, 5) is 14.7. The van der Waals surface area contributed by atoms with E-state index in [4.69, 9.17) is 11.6 Å². The van der Waals surface area contributed by atoms with Crippen LogP contribution in [0, 0.1) is 5.92 Å². The first-order valence-electron chi connectivity index (χ1n) is 8.56. The third-order valence-corrected chi connectivity index (χ3v) is 6.00. The molecule has 1 fully saturated rings. The number of carbonyl (C=O) groups is 1. The van der Waals surface area contributed by atoms with Gasteiger partial charge in [-0.1, -0.05) is 11.6 Å². The molecule has 2 amide bonds. The number of nitrogens with zero attached hydrogens (tertiary/aromatic N) is 1. The van der Waals surface area contributed by atoms with Crippen molar-refractivity contribution in [2.75, 3.05) is 31.9 Å². The lowest BCUT2D eigenvalue weighted by atomic mass is 10.0. The minimum Gasteiger partial charge on any atom is -0.338 e. The van der Waals surface area contributed by atoms with Gasteiger partial charge in [0.05, 0.1) is 12.6 Å². The molecule has 1 aromatic rings. The van der Waals surface area contributed by atoms with Gasteiger partial charge in [0.15, 0.2) is 0 Å². The van der Waals surface area contributed by atoms with Crippen molar-refractivity contribution in [3.63, 3.8) is 0 Å². The van der Waals surface area contributed by atoms with Crippen molar-refractivity contribution < 1.29 is 18.0 Å². The Morgan fingerprint density at radius 1 is 1.35 bits per heavy atom. The average molecular weight is 408 g/mol. The number of amides is 2. The summed E-state index contributed by atoms with van der Waals surface area (Å²) >= 11 is 7.80. The molecule has 3 rings (SSSR count). The third kappa shape index (κ3) is 5.44. The Hall–Kier alpha value is -1.12. The van der Waals surface area contributed by atoms with Crippen LogP contribution >= 0.6 is 23.4 Å². The Kier molecular flexibility index (Phi) is 6.25. The lowest BCUT2D eigenvalue weighted by molar-refractivity contribution is -0.143. The molecule has 1 saturated heterocycles. The van der Waals surface area contributed by atoms with E-state index in [9.17, 15) is 18.0 Å². The molecule has 2 aliphatic heterocycles. The molecule has 4 nitrogen and oxygen atoms in total. The van der Waals surface area contributed by atoms with Gasteiger partial charge < -0.3 is 10.6 Å². The summed E-state index contributed by atoms with van der Waals surface area (Å²) in [6.07, 6.45) is -2.70. The van der Waals surface area contributed by atoms with E-state index in [0.717, 1.165) is 22.6 Å². The smallest absolute Gasteiger partial charge is 0.338 e. The standard InChI is InChI=1S/C17H21ClF3N3OS/c18-12-1-2-15-13(7-12)14(4-6-26-15)23-16(25)22-8-11-3-5-24(9-11)10-17(19,20)21/h1-2,7,11,14H,3-6,8-10H2,(H2,22,23,25)/t11-,14+/m0/s1. The number of rotatable bonds is 4. The van der Waals surface area contributed by atoms with Crippen LogP contribution in [0.1, 0.15) is 24.4 Å². The Morgan fingerprint density at radius 2 is 2.15 bits per heavy atom. The minimum atomic E-state index is -4.17. The molecule has 0 bridgehead atoms. The Morgan fingerprint density at radius 3 is 2.92 bits per heavy atom.